The van der Waals surface area contributed by atoms with Crippen LogP contribution in [0.15, 0.2) is 24.3 Å². The molecule has 0 heterocycles. The molecule has 1 aromatic carbocycles. The molecule has 1 rings (SSSR count). The molecule has 0 bridgehead atoms. The number of nitrogens with zero attached hydrogens (tertiary/aromatic N) is 2. The highest BCUT2D eigenvalue weighted by molar-refractivity contribution is 5.95. The van der Waals surface area contributed by atoms with E-state index in [0.29, 0.717) is 19.6 Å². The zero-order chi connectivity index (χ0) is 17.9. The first-order valence-corrected chi connectivity index (χ1v) is 7.67. The van der Waals surface area contributed by atoms with Gasteiger partial charge in [0.1, 0.15) is 0 Å². The number of esters is 1. The zero-order valence-corrected chi connectivity index (χ0v) is 13.9. The van der Waals surface area contributed by atoms with Crippen molar-refractivity contribution in [1.29, 1.82) is 0 Å². The van der Waals surface area contributed by atoms with Crippen molar-refractivity contribution < 1.29 is 24.0 Å². The standard InChI is InChI=1S/C16H22N2O6/c1-3-24-15(19)8-10-17(9-5-11-23-2)16(20)13-6-4-7-14(12-13)18(21)22/h4,6-7,12H,3,5,8-11H2,1-2H3. The van der Waals surface area contributed by atoms with Gasteiger partial charge in [0, 0.05) is 44.5 Å². The SMILES string of the molecule is CCOC(=O)CCN(CCCOC)C(=O)c1cccc([N+](=O)[O-])c1. The molecule has 0 saturated heterocycles. The number of methoxy groups -OCH3 is 1. The number of nitro benzene ring substituents is 1. The fraction of sp³-hybridized carbons (Fsp3) is 0.500. The van der Waals surface area contributed by atoms with Crippen LogP contribution in [0.3, 0.4) is 0 Å². The number of amides is 1. The Morgan fingerprint density at radius 1 is 1.29 bits per heavy atom. The molecule has 8 nitrogen and oxygen atoms in total. The van der Waals surface area contributed by atoms with Crippen LogP contribution in [0, 0.1) is 10.1 Å². The molecule has 0 atom stereocenters. The summed E-state index contributed by atoms with van der Waals surface area (Å²) < 4.78 is 9.84. The van der Waals surface area contributed by atoms with E-state index in [4.69, 9.17) is 9.47 Å². The molecular weight excluding hydrogens is 316 g/mol. The van der Waals surface area contributed by atoms with Crippen molar-refractivity contribution in [2.75, 3.05) is 33.4 Å². The molecule has 0 spiro atoms. The maximum atomic E-state index is 12.6. The Morgan fingerprint density at radius 3 is 2.67 bits per heavy atom. The van der Waals surface area contributed by atoms with Gasteiger partial charge < -0.3 is 14.4 Å². The van der Waals surface area contributed by atoms with Gasteiger partial charge in [-0.25, -0.2) is 0 Å². The van der Waals surface area contributed by atoms with Gasteiger partial charge in [0.25, 0.3) is 11.6 Å². The van der Waals surface area contributed by atoms with Crippen molar-refractivity contribution in [2.24, 2.45) is 0 Å². The molecule has 0 saturated carbocycles. The van der Waals surface area contributed by atoms with Gasteiger partial charge in [0.2, 0.25) is 0 Å². The van der Waals surface area contributed by atoms with Crippen LogP contribution >= 0.6 is 0 Å². The van der Waals surface area contributed by atoms with Crippen LogP contribution in [0.5, 0.6) is 0 Å². The lowest BCUT2D eigenvalue weighted by Crippen LogP contribution is -2.34. The molecule has 0 aliphatic carbocycles. The van der Waals surface area contributed by atoms with E-state index in [1.54, 1.807) is 14.0 Å². The second-order valence-electron chi connectivity index (χ2n) is 5.00. The lowest BCUT2D eigenvalue weighted by molar-refractivity contribution is -0.384. The van der Waals surface area contributed by atoms with Gasteiger partial charge in [-0.1, -0.05) is 6.07 Å². The molecule has 0 N–H and O–H groups in total. The third-order valence-electron chi connectivity index (χ3n) is 3.26. The van der Waals surface area contributed by atoms with E-state index in [0.717, 1.165) is 0 Å². The van der Waals surface area contributed by atoms with Crippen molar-refractivity contribution in [3.05, 3.63) is 39.9 Å². The molecule has 8 heteroatoms. The average Bonchev–Trinajstić information content (AvgIpc) is 2.57. The van der Waals surface area contributed by atoms with Gasteiger partial charge in [-0.2, -0.15) is 0 Å². The number of benzene rings is 1. The van der Waals surface area contributed by atoms with E-state index in [-0.39, 0.29) is 42.7 Å². The molecule has 0 unspecified atom stereocenters. The fourth-order valence-electron chi connectivity index (χ4n) is 2.11. The molecule has 1 amide bonds. The van der Waals surface area contributed by atoms with Crippen molar-refractivity contribution in [3.8, 4) is 0 Å². The van der Waals surface area contributed by atoms with E-state index in [1.807, 2.05) is 0 Å². The molecule has 1 aromatic rings. The molecular formula is C16H22N2O6. The summed E-state index contributed by atoms with van der Waals surface area (Å²) in [6.45, 7) is 3.03. The van der Waals surface area contributed by atoms with Crippen molar-refractivity contribution in [2.45, 2.75) is 19.8 Å². The predicted molar refractivity (Wildman–Crippen MR) is 86.7 cm³/mol. The number of ether oxygens (including phenoxy) is 2. The van der Waals surface area contributed by atoms with Crippen molar-refractivity contribution in [3.63, 3.8) is 0 Å². The molecule has 0 aromatic heterocycles. The number of non-ortho nitro benzene ring substituents is 1. The van der Waals surface area contributed by atoms with E-state index in [1.165, 1.54) is 29.2 Å². The molecule has 0 radical (unpaired) electrons. The van der Waals surface area contributed by atoms with Crippen molar-refractivity contribution >= 4 is 17.6 Å². The Morgan fingerprint density at radius 2 is 2.04 bits per heavy atom. The number of nitro groups is 1. The maximum Gasteiger partial charge on any atom is 0.307 e. The van der Waals surface area contributed by atoms with E-state index in [2.05, 4.69) is 0 Å². The highest BCUT2D eigenvalue weighted by Crippen LogP contribution is 2.15. The zero-order valence-electron chi connectivity index (χ0n) is 13.9. The number of carbonyl (C=O) groups is 2. The van der Waals surface area contributed by atoms with Crippen LogP contribution in [-0.2, 0) is 14.3 Å². The Balaban J connectivity index is 2.83. The topological polar surface area (TPSA) is 99.0 Å². The van der Waals surface area contributed by atoms with Crippen LogP contribution in [0.4, 0.5) is 5.69 Å². The largest absolute Gasteiger partial charge is 0.466 e. The summed E-state index contributed by atoms with van der Waals surface area (Å²) in [6, 6.07) is 5.54. The minimum atomic E-state index is -0.551. The summed E-state index contributed by atoms with van der Waals surface area (Å²) in [5, 5.41) is 10.8. The van der Waals surface area contributed by atoms with E-state index >= 15 is 0 Å². The summed E-state index contributed by atoms with van der Waals surface area (Å²) in [7, 11) is 1.56. The summed E-state index contributed by atoms with van der Waals surface area (Å²) >= 11 is 0. The summed E-state index contributed by atoms with van der Waals surface area (Å²) in [5.74, 6) is -0.750. The fourth-order valence-corrected chi connectivity index (χ4v) is 2.11. The van der Waals surface area contributed by atoms with Gasteiger partial charge in [-0.15, -0.1) is 0 Å². The Kier molecular flexibility index (Phi) is 8.42. The van der Waals surface area contributed by atoms with Gasteiger partial charge in [0.15, 0.2) is 0 Å². The number of hydrogen-bond acceptors (Lipinski definition) is 6. The van der Waals surface area contributed by atoms with E-state index < -0.39 is 4.92 Å². The maximum absolute atomic E-state index is 12.6. The first-order chi connectivity index (χ1) is 11.5. The number of hydrogen-bond donors (Lipinski definition) is 0. The average molecular weight is 338 g/mol. The minimum Gasteiger partial charge on any atom is -0.466 e. The highest BCUT2D eigenvalue weighted by Gasteiger charge is 2.19. The Labute approximate surface area is 140 Å². The molecule has 0 fully saturated rings. The van der Waals surface area contributed by atoms with Crippen molar-refractivity contribution in [1.82, 2.24) is 4.90 Å². The second kappa shape index (κ2) is 10.3. The molecule has 132 valence electrons. The summed E-state index contributed by atoms with van der Waals surface area (Å²) in [6.07, 6.45) is 0.668. The monoisotopic (exact) mass is 338 g/mol. The smallest absolute Gasteiger partial charge is 0.307 e. The third-order valence-corrected chi connectivity index (χ3v) is 3.26. The second-order valence-corrected chi connectivity index (χ2v) is 5.00. The van der Waals surface area contributed by atoms with Crippen LogP contribution in [-0.4, -0.2) is 55.1 Å². The molecule has 0 aliphatic rings. The van der Waals surface area contributed by atoms with Crippen LogP contribution in [0.2, 0.25) is 0 Å². The minimum absolute atomic E-state index is 0.0709. The van der Waals surface area contributed by atoms with Crippen LogP contribution in [0.25, 0.3) is 0 Å². The van der Waals surface area contributed by atoms with Gasteiger partial charge in [-0.05, 0) is 19.4 Å². The number of rotatable bonds is 10. The van der Waals surface area contributed by atoms with Crippen LogP contribution in [0.1, 0.15) is 30.1 Å². The Hall–Kier alpha value is -2.48. The van der Waals surface area contributed by atoms with Gasteiger partial charge in [0.05, 0.1) is 18.0 Å². The lowest BCUT2D eigenvalue weighted by atomic mass is 10.1. The third kappa shape index (κ3) is 6.33. The summed E-state index contributed by atoms with van der Waals surface area (Å²) in [4.78, 5) is 35.9. The van der Waals surface area contributed by atoms with E-state index in [9.17, 15) is 19.7 Å². The van der Waals surface area contributed by atoms with Gasteiger partial charge in [-0.3, -0.25) is 19.7 Å². The van der Waals surface area contributed by atoms with Crippen LogP contribution < -0.4 is 0 Å². The quantitative estimate of drug-likeness (QED) is 0.280. The molecule has 0 aliphatic heterocycles. The lowest BCUT2D eigenvalue weighted by Gasteiger charge is -2.22. The number of carbonyl (C=O) groups excluding carboxylic acids is 2. The first-order valence-electron chi connectivity index (χ1n) is 7.67. The molecule has 24 heavy (non-hydrogen) atoms. The Bertz CT molecular complexity index is 575. The normalized spacial score (nSPS) is 10.2. The van der Waals surface area contributed by atoms with Gasteiger partial charge >= 0.3 is 5.97 Å². The highest BCUT2D eigenvalue weighted by atomic mass is 16.6. The first kappa shape index (κ1) is 19.6. The predicted octanol–water partition coefficient (Wildman–Crippen LogP) is 2.03. The summed E-state index contributed by atoms with van der Waals surface area (Å²) in [5.41, 5.74) is 0.0635.